The Hall–Kier alpha value is -6.59. The van der Waals surface area contributed by atoms with Crippen molar-refractivity contribution in [3.8, 4) is 33.8 Å². The minimum atomic E-state index is 0.866. The highest BCUT2D eigenvalue weighted by atomic mass is 15.1. The highest BCUT2D eigenvalue weighted by Gasteiger charge is 2.20. The number of hydrogen-bond acceptors (Lipinski definition) is 4. The van der Waals surface area contributed by atoms with Crippen LogP contribution in [0.2, 0.25) is 0 Å². The lowest BCUT2D eigenvalue weighted by Crippen LogP contribution is -2.10. The molecule has 9 rings (SSSR count). The molecule has 5 heteroatoms. The summed E-state index contributed by atoms with van der Waals surface area (Å²) in [7, 11) is 0. The van der Waals surface area contributed by atoms with Gasteiger partial charge in [-0.1, -0.05) is 109 Å². The van der Waals surface area contributed by atoms with Crippen LogP contribution in [0, 0.1) is 0 Å². The Kier molecular flexibility index (Phi) is 6.72. The van der Waals surface area contributed by atoms with Crippen LogP contribution in [-0.4, -0.2) is 19.4 Å². The van der Waals surface area contributed by atoms with Crippen LogP contribution in [0.5, 0.6) is 0 Å². The highest BCUT2D eigenvalue weighted by Crippen LogP contribution is 2.42. The molecule has 0 amide bonds. The van der Waals surface area contributed by atoms with E-state index in [2.05, 4.69) is 131 Å². The van der Waals surface area contributed by atoms with Gasteiger partial charge in [0.25, 0.3) is 0 Å². The maximum absolute atomic E-state index is 5.23. The topological polar surface area (TPSA) is 46.3 Å². The number of pyridine rings is 1. The standard InChI is InChI=1S/C43H29N5/c1-3-13-31(14-4-1)42-43(46-38-21-8-7-20-37(38)45-42)36-19-11-18-35-34(36)17-12-22-40(35)48(32-15-5-2-6-16-32)33-26-24-30(25-27-33)39-29-47-28-10-9-23-41(47)44-39/h1-29H. The van der Waals surface area contributed by atoms with Gasteiger partial charge in [-0.05, 0) is 60.0 Å². The van der Waals surface area contributed by atoms with Crippen molar-refractivity contribution < 1.29 is 0 Å². The van der Waals surface area contributed by atoms with Gasteiger partial charge in [-0.2, -0.15) is 0 Å². The molecule has 226 valence electrons. The van der Waals surface area contributed by atoms with Crippen molar-refractivity contribution in [2.45, 2.75) is 0 Å². The molecule has 48 heavy (non-hydrogen) atoms. The van der Waals surface area contributed by atoms with E-state index in [0.29, 0.717) is 0 Å². The number of para-hydroxylation sites is 3. The zero-order valence-corrected chi connectivity index (χ0v) is 26.0. The summed E-state index contributed by atoms with van der Waals surface area (Å²) in [5.74, 6) is 0. The van der Waals surface area contributed by atoms with E-state index in [0.717, 1.165) is 78.3 Å². The first kappa shape index (κ1) is 27.7. The minimum absolute atomic E-state index is 0.866. The van der Waals surface area contributed by atoms with Crippen LogP contribution in [0.25, 0.3) is 61.2 Å². The van der Waals surface area contributed by atoms with Crippen molar-refractivity contribution in [2.24, 2.45) is 0 Å². The van der Waals surface area contributed by atoms with Crippen LogP contribution in [0.15, 0.2) is 176 Å². The molecule has 0 bridgehead atoms. The number of imidazole rings is 1. The smallest absolute Gasteiger partial charge is 0.137 e. The predicted molar refractivity (Wildman–Crippen MR) is 197 cm³/mol. The second kappa shape index (κ2) is 11.6. The van der Waals surface area contributed by atoms with Gasteiger partial charge in [0.2, 0.25) is 0 Å². The second-order valence-corrected chi connectivity index (χ2v) is 11.8. The van der Waals surface area contributed by atoms with Gasteiger partial charge in [-0.15, -0.1) is 0 Å². The van der Waals surface area contributed by atoms with Crippen molar-refractivity contribution in [2.75, 3.05) is 4.90 Å². The summed E-state index contributed by atoms with van der Waals surface area (Å²) in [5, 5.41) is 2.23. The summed E-state index contributed by atoms with van der Waals surface area (Å²) in [5.41, 5.74) is 11.7. The molecule has 0 atom stereocenters. The highest BCUT2D eigenvalue weighted by molar-refractivity contribution is 6.07. The average molecular weight is 616 g/mol. The maximum Gasteiger partial charge on any atom is 0.137 e. The number of anilines is 3. The summed E-state index contributed by atoms with van der Waals surface area (Å²) in [4.78, 5) is 17.5. The quantitative estimate of drug-likeness (QED) is 0.187. The van der Waals surface area contributed by atoms with E-state index in [1.165, 1.54) is 0 Å². The zero-order chi connectivity index (χ0) is 31.9. The van der Waals surface area contributed by atoms with Crippen molar-refractivity contribution in [1.82, 2.24) is 19.4 Å². The normalized spacial score (nSPS) is 11.3. The third kappa shape index (κ3) is 4.86. The van der Waals surface area contributed by atoms with Crippen molar-refractivity contribution in [1.29, 1.82) is 0 Å². The van der Waals surface area contributed by atoms with Gasteiger partial charge in [0.1, 0.15) is 5.65 Å². The number of hydrogen-bond donors (Lipinski definition) is 0. The van der Waals surface area contributed by atoms with Crippen LogP contribution in [0.1, 0.15) is 0 Å². The molecule has 0 N–H and O–H groups in total. The van der Waals surface area contributed by atoms with E-state index < -0.39 is 0 Å². The molecule has 0 aliphatic rings. The van der Waals surface area contributed by atoms with Gasteiger partial charge in [0.15, 0.2) is 0 Å². The fourth-order valence-electron chi connectivity index (χ4n) is 6.54. The van der Waals surface area contributed by atoms with Gasteiger partial charge < -0.3 is 9.30 Å². The van der Waals surface area contributed by atoms with Crippen LogP contribution in [0.3, 0.4) is 0 Å². The van der Waals surface area contributed by atoms with Gasteiger partial charge in [0.05, 0.1) is 33.8 Å². The Morgan fingerprint density at radius 2 is 1.08 bits per heavy atom. The van der Waals surface area contributed by atoms with Gasteiger partial charge >= 0.3 is 0 Å². The largest absolute Gasteiger partial charge is 0.310 e. The van der Waals surface area contributed by atoms with Gasteiger partial charge in [-0.25, -0.2) is 15.0 Å². The molecule has 0 fully saturated rings. The van der Waals surface area contributed by atoms with E-state index >= 15 is 0 Å². The zero-order valence-electron chi connectivity index (χ0n) is 26.0. The number of fused-ring (bicyclic) bond motifs is 3. The minimum Gasteiger partial charge on any atom is -0.310 e. The monoisotopic (exact) mass is 615 g/mol. The van der Waals surface area contributed by atoms with E-state index in [1.807, 2.05) is 54.7 Å². The Morgan fingerprint density at radius 3 is 1.85 bits per heavy atom. The molecule has 0 saturated carbocycles. The lowest BCUT2D eigenvalue weighted by atomic mass is 9.96. The summed E-state index contributed by atoms with van der Waals surface area (Å²) in [6.07, 6.45) is 4.10. The lowest BCUT2D eigenvalue weighted by Gasteiger charge is -2.27. The summed E-state index contributed by atoms with van der Waals surface area (Å²) >= 11 is 0. The van der Waals surface area contributed by atoms with E-state index in [9.17, 15) is 0 Å². The fraction of sp³-hybridized carbons (Fsp3) is 0. The van der Waals surface area contributed by atoms with Crippen LogP contribution < -0.4 is 4.90 Å². The first-order valence-corrected chi connectivity index (χ1v) is 16.0. The molecule has 9 aromatic rings. The Morgan fingerprint density at radius 1 is 0.438 bits per heavy atom. The number of benzene rings is 6. The number of nitrogens with zero attached hydrogens (tertiary/aromatic N) is 5. The summed E-state index contributed by atoms with van der Waals surface area (Å²) < 4.78 is 2.05. The van der Waals surface area contributed by atoms with Crippen molar-refractivity contribution >= 4 is 44.5 Å². The van der Waals surface area contributed by atoms with E-state index in [-0.39, 0.29) is 0 Å². The number of rotatable bonds is 6. The Balaban J connectivity index is 1.21. The first-order chi connectivity index (χ1) is 23.8. The maximum atomic E-state index is 5.23. The summed E-state index contributed by atoms with van der Waals surface area (Å²) in [6, 6.07) is 56.7. The fourth-order valence-corrected chi connectivity index (χ4v) is 6.54. The molecule has 0 radical (unpaired) electrons. The number of aromatic nitrogens is 4. The molecule has 0 aliphatic carbocycles. The second-order valence-electron chi connectivity index (χ2n) is 11.8. The van der Waals surface area contributed by atoms with E-state index in [1.54, 1.807) is 0 Å². The Bertz CT molecular complexity index is 2520. The molecule has 3 heterocycles. The molecule has 0 saturated heterocycles. The molecule has 3 aromatic heterocycles. The van der Waals surface area contributed by atoms with Crippen molar-refractivity contribution in [3.05, 3.63) is 176 Å². The van der Waals surface area contributed by atoms with Crippen LogP contribution >= 0.6 is 0 Å². The van der Waals surface area contributed by atoms with Crippen LogP contribution in [-0.2, 0) is 0 Å². The van der Waals surface area contributed by atoms with Crippen LogP contribution in [0.4, 0.5) is 17.1 Å². The summed E-state index contributed by atoms with van der Waals surface area (Å²) in [6.45, 7) is 0. The molecule has 5 nitrogen and oxygen atoms in total. The third-order valence-electron chi connectivity index (χ3n) is 8.81. The molecule has 0 aliphatic heterocycles. The predicted octanol–water partition coefficient (Wildman–Crippen LogP) is 10.9. The van der Waals surface area contributed by atoms with E-state index in [4.69, 9.17) is 15.0 Å². The third-order valence-corrected chi connectivity index (χ3v) is 8.81. The molecular formula is C43H29N5. The molecule has 6 aromatic carbocycles. The first-order valence-electron chi connectivity index (χ1n) is 16.0. The van der Waals surface area contributed by atoms with Gasteiger partial charge in [0, 0.05) is 45.8 Å². The van der Waals surface area contributed by atoms with Gasteiger partial charge in [-0.3, -0.25) is 0 Å². The molecular weight excluding hydrogens is 587 g/mol. The SMILES string of the molecule is c1ccc(-c2nc3ccccc3nc2-c2cccc3c(N(c4ccccc4)c4ccc(-c5cn6ccccc6n5)cc4)cccc23)cc1. The average Bonchev–Trinajstić information content (AvgIpc) is 3.60. The van der Waals surface area contributed by atoms with Crippen molar-refractivity contribution in [3.63, 3.8) is 0 Å². The molecule has 0 unspecified atom stereocenters. The lowest BCUT2D eigenvalue weighted by molar-refractivity contribution is 1.19. The Labute approximate surface area is 278 Å². The molecule has 0 spiro atoms.